The van der Waals surface area contributed by atoms with Crippen LogP contribution in [0.5, 0.6) is 0 Å². The Kier molecular flexibility index (Phi) is 2.57. The molecule has 0 amide bonds. The second-order valence-electron chi connectivity index (χ2n) is 7.16. The number of fused-ring (bicyclic) bond motifs is 10. The van der Waals surface area contributed by atoms with Crippen LogP contribution in [0.3, 0.4) is 0 Å². The molecule has 1 heterocycles. The molecule has 0 unspecified atom stereocenters. The molecule has 2 N–H and O–H groups in total. The van der Waals surface area contributed by atoms with Crippen molar-refractivity contribution in [2.75, 3.05) is 5.73 Å². The summed E-state index contributed by atoms with van der Waals surface area (Å²) in [4.78, 5) is 1.31. The molecule has 0 atom stereocenters. The van der Waals surface area contributed by atoms with Crippen molar-refractivity contribution in [2.45, 2.75) is 12.3 Å². The van der Waals surface area contributed by atoms with Crippen molar-refractivity contribution in [2.24, 2.45) is 0 Å². The highest BCUT2D eigenvalue weighted by molar-refractivity contribution is 7.16. The Morgan fingerprint density at radius 1 is 0.692 bits per heavy atom. The van der Waals surface area contributed by atoms with E-state index >= 15 is 0 Å². The number of benzene rings is 3. The maximum atomic E-state index is 6.66. The molecule has 0 saturated heterocycles. The Morgan fingerprint density at radius 3 is 1.73 bits per heavy atom. The lowest BCUT2D eigenvalue weighted by Gasteiger charge is -2.30. The van der Waals surface area contributed by atoms with Crippen LogP contribution in [0, 0.1) is 6.92 Å². The lowest BCUT2D eigenvalue weighted by Crippen LogP contribution is -2.26. The van der Waals surface area contributed by atoms with Crippen molar-refractivity contribution in [3.05, 3.63) is 99.9 Å². The van der Waals surface area contributed by atoms with Gasteiger partial charge in [-0.3, -0.25) is 0 Å². The minimum absolute atomic E-state index is 0.284. The summed E-state index contributed by atoms with van der Waals surface area (Å²) in [6, 6.07) is 26.5. The number of hydrogen-bond acceptors (Lipinski definition) is 2. The summed E-state index contributed by atoms with van der Waals surface area (Å²) in [6.07, 6.45) is 0. The van der Waals surface area contributed by atoms with E-state index in [9.17, 15) is 0 Å². The average molecular weight is 351 g/mol. The predicted octanol–water partition coefficient (Wildman–Crippen LogP) is 5.98. The van der Waals surface area contributed by atoms with Crippen molar-refractivity contribution < 1.29 is 0 Å². The van der Waals surface area contributed by atoms with Gasteiger partial charge < -0.3 is 5.73 Å². The third-order valence-corrected chi connectivity index (χ3v) is 6.97. The molecule has 0 aliphatic heterocycles. The van der Waals surface area contributed by atoms with Gasteiger partial charge in [-0.25, -0.2) is 0 Å². The molecule has 26 heavy (non-hydrogen) atoms. The summed E-state index contributed by atoms with van der Waals surface area (Å²) < 4.78 is 0. The normalized spacial score (nSPS) is 14.8. The van der Waals surface area contributed by atoms with Gasteiger partial charge in [0.25, 0.3) is 0 Å². The minimum Gasteiger partial charge on any atom is -0.390 e. The number of hydrogen-bond donors (Lipinski definition) is 1. The molecule has 1 aromatic heterocycles. The maximum Gasteiger partial charge on any atom is 0.0914 e. The number of thiophene rings is 1. The van der Waals surface area contributed by atoms with Gasteiger partial charge in [0, 0.05) is 16.0 Å². The zero-order valence-corrected chi connectivity index (χ0v) is 15.2. The van der Waals surface area contributed by atoms with Gasteiger partial charge in [0.05, 0.1) is 10.4 Å². The van der Waals surface area contributed by atoms with Gasteiger partial charge in [-0.1, -0.05) is 72.8 Å². The molecule has 0 bridgehead atoms. The van der Waals surface area contributed by atoms with Gasteiger partial charge in [0.1, 0.15) is 0 Å². The second kappa shape index (κ2) is 4.66. The van der Waals surface area contributed by atoms with Gasteiger partial charge in [-0.15, -0.1) is 11.3 Å². The molecule has 6 rings (SSSR count). The predicted molar refractivity (Wildman–Crippen MR) is 110 cm³/mol. The van der Waals surface area contributed by atoms with Crippen LogP contribution in [0.25, 0.3) is 22.3 Å². The monoisotopic (exact) mass is 351 g/mol. The van der Waals surface area contributed by atoms with Crippen LogP contribution in [0.4, 0.5) is 5.00 Å². The fourth-order valence-corrected chi connectivity index (χ4v) is 6.22. The Balaban J connectivity index is 1.90. The summed E-state index contributed by atoms with van der Waals surface area (Å²) in [7, 11) is 0. The first-order valence-corrected chi connectivity index (χ1v) is 9.75. The maximum absolute atomic E-state index is 6.66. The Labute approximate surface area is 156 Å². The smallest absolute Gasteiger partial charge is 0.0914 e. The molecule has 2 aliphatic carbocycles. The van der Waals surface area contributed by atoms with E-state index < -0.39 is 0 Å². The Bertz CT molecular complexity index is 1170. The molecule has 0 saturated carbocycles. The van der Waals surface area contributed by atoms with E-state index in [0.29, 0.717) is 0 Å². The van der Waals surface area contributed by atoms with E-state index in [1.165, 1.54) is 49.4 Å². The van der Waals surface area contributed by atoms with Gasteiger partial charge in [0.15, 0.2) is 0 Å². The molecule has 4 aromatic rings. The number of anilines is 1. The Hall–Kier alpha value is -2.84. The highest BCUT2D eigenvalue weighted by Crippen LogP contribution is 2.65. The third kappa shape index (κ3) is 1.41. The summed E-state index contributed by atoms with van der Waals surface area (Å²) in [5.41, 5.74) is 17.1. The molecule has 0 radical (unpaired) electrons. The number of nitrogen functional groups attached to an aromatic ring is 1. The second-order valence-corrected chi connectivity index (χ2v) is 8.42. The van der Waals surface area contributed by atoms with Crippen LogP contribution in [-0.4, -0.2) is 0 Å². The molecular formula is C24H17NS. The van der Waals surface area contributed by atoms with Crippen molar-refractivity contribution in [3.8, 4) is 22.3 Å². The molecule has 124 valence electrons. The first-order chi connectivity index (χ1) is 12.7. The fraction of sp³-hybridized carbons (Fsp3) is 0.0833. The largest absolute Gasteiger partial charge is 0.390 e. The third-order valence-electron chi connectivity index (χ3n) is 6.04. The zero-order valence-electron chi connectivity index (χ0n) is 14.4. The first kappa shape index (κ1) is 14.3. The van der Waals surface area contributed by atoms with Crippen molar-refractivity contribution in [3.63, 3.8) is 0 Å². The number of rotatable bonds is 0. The highest BCUT2D eigenvalue weighted by Gasteiger charge is 2.53. The molecule has 1 nitrogen and oxygen atoms in total. The van der Waals surface area contributed by atoms with Crippen LogP contribution in [-0.2, 0) is 5.41 Å². The van der Waals surface area contributed by atoms with E-state index in [1.807, 2.05) is 0 Å². The van der Waals surface area contributed by atoms with Crippen LogP contribution >= 0.6 is 11.3 Å². The summed E-state index contributed by atoms with van der Waals surface area (Å²) >= 11 is 1.72. The van der Waals surface area contributed by atoms with E-state index in [2.05, 4.69) is 79.7 Å². The highest BCUT2D eigenvalue weighted by atomic mass is 32.1. The SMILES string of the molecule is Cc1sc(N)c2c1-c1ccccc1C21c2ccccc2-c2ccccc21. The van der Waals surface area contributed by atoms with Crippen molar-refractivity contribution in [1.29, 1.82) is 0 Å². The zero-order chi connectivity index (χ0) is 17.5. The Morgan fingerprint density at radius 2 is 1.15 bits per heavy atom. The van der Waals surface area contributed by atoms with Crippen LogP contribution in [0.1, 0.15) is 27.1 Å². The van der Waals surface area contributed by atoms with E-state index in [1.54, 1.807) is 11.3 Å². The molecule has 1 spiro atoms. The molecule has 2 aliphatic rings. The standard InChI is InChI=1S/C24H17NS/c1-14-21-17-10-4-7-13-20(17)24(22(21)23(25)26-14)18-11-5-2-8-15(18)16-9-3-6-12-19(16)24/h2-13H,25H2,1H3. The van der Waals surface area contributed by atoms with E-state index in [0.717, 1.165) is 5.00 Å². The van der Waals surface area contributed by atoms with Gasteiger partial charge in [-0.05, 0) is 40.3 Å². The molecular weight excluding hydrogens is 334 g/mol. The number of aryl methyl sites for hydroxylation is 1. The summed E-state index contributed by atoms with van der Waals surface area (Å²) in [6.45, 7) is 2.20. The van der Waals surface area contributed by atoms with Crippen LogP contribution < -0.4 is 5.73 Å². The topological polar surface area (TPSA) is 26.0 Å². The van der Waals surface area contributed by atoms with Gasteiger partial charge in [0.2, 0.25) is 0 Å². The fourth-order valence-electron chi connectivity index (χ4n) is 5.22. The van der Waals surface area contributed by atoms with Crippen molar-refractivity contribution in [1.82, 2.24) is 0 Å². The average Bonchev–Trinajstić information content (AvgIpc) is 3.26. The summed E-state index contributed by atoms with van der Waals surface area (Å²) in [5, 5.41) is 0.945. The molecule has 2 heteroatoms. The van der Waals surface area contributed by atoms with Crippen molar-refractivity contribution >= 4 is 16.3 Å². The summed E-state index contributed by atoms with van der Waals surface area (Å²) in [5.74, 6) is 0. The quantitative estimate of drug-likeness (QED) is 0.358. The van der Waals surface area contributed by atoms with E-state index in [-0.39, 0.29) is 5.41 Å². The van der Waals surface area contributed by atoms with Crippen LogP contribution in [0.2, 0.25) is 0 Å². The van der Waals surface area contributed by atoms with Gasteiger partial charge >= 0.3 is 0 Å². The van der Waals surface area contributed by atoms with E-state index in [4.69, 9.17) is 5.73 Å². The first-order valence-electron chi connectivity index (χ1n) is 8.93. The van der Waals surface area contributed by atoms with Gasteiger partial charge in [-0.2, -0.15) is 0 Å². The lowest BCUT2D eigenvalue weighted by molar-refractivity contribution is 0.799. The number of nitrogens with two attached hydrogens (primary N) is 1. The minimum atomic E-state index is -0.284. The van der Waals surface area contributed by atoms with Crippen LogP contribution in [0.15, 0.2) is 72.8 Å². The molecule has 0 fully saturated rings. The lowest BCUT2D eigenvalue weighted by atomic mass is 9.71. The molecule has 3 aromatic carbocycles.